The fraction of sp³-hybridized carbons (Fsp3) is 0. The Balaban J connectivity index is 1.37. The largest absolute Gasteiger partial charge is 0.436 e. The number of para-hydroxylation sites is 2. The summed E-state index contributed by atoms with van der Waals surface area (Å²) in [5.41, 5.74) is 10.3. The second-order valence-electron chi connectivity index (χ2n) is 10.2. The second-order valence-corrected chi connectivity index (χ2v) is 10.2. The molecule has 8 aromatic rings. The van der Waals surface area contributed by atoms with Crippen LogP contribution in [0, 0.1) is 0 Å². The Morgan fingerprint density at radius 1 is 0.415 bits per heavy atom. The molecule has 192 valence electrons. The van der Waals surface area contributed by atoms with Gasteiger partial charge in [0.25, 0.3) is 0 Å². The van der Waals surface area contributed by atoms with Gasteiger partial charge in [-0.15, -0.1) is 0 Å². The number of fused-ring (bicyclic) bond motifs is 4. The lowest BCUT2D eigenvalue weighted by atomic mass is 9.91. The Morgan fingerprint density at radius 3 is 1.76 bits per heavy atom. The molecule has 2 aromatic heterocycles. The summed E-state index contributed by atoms with van der Waals surface area (Å²) in [7, 11) is 0. The quantitative estimate of drug-likeness (QED) is 0.215. The molecule has 6 aromatic carbocycles. The number of benzene rings is 6. The van der Waals surface area contributed by atoms with Gasteiger partial charge in [-0.25, -0.2) is 9.97 Å². The molecule has 0 atom stereocenters. The molecule has 2 heterocycles. The summed E-state index contributed by atoms with van der Waals surface area (Å²) in [6, 6.07) is 50.5. The van der Waals surface area contributed by atoms with Crippen molar-refractivity contribution in [3.8, 4) is 45.0 Å². The Labute approximate surface area is 237 Å². The van der Waals surface area contributed by atoms with E-state index in [0.717, 1.165) is 55.3 Å². The molecule has 3 heteroatoms. The van der Waals surface area contributed by atoms with Crippen molar-refractivity contribution in [2.45, 2.75) is 0 Å². The predicted octanol–water partition coefficient (Wildman–Crippen LogP) is 10.2. The zero-order valence-corrected chi connectivity index (χ0v) is 22.2. The van der Waals surface area contributed by atoms with Gasteiger partial charge in [0, 0.05) is 21.9 Å². The highest BCUT2D eigenvalue weighted by Gasteiger charge is 2.16. The van der Waals surface area contributed by atoms with Crippen molar-refractivity contribution in [3.63, 3.8) is 0 Å². The summed E-state index contributed by atoms with van der Waals surface area (Å²) in [6.07, 6.45) is 0. The molecule has 8 rings (SSSR count). The topological polar surface area (TPSA) is 38.9 Å². The molecule has 0 amide bonds. The lowest BCUT2D eigenvalue weighted by Gasteiger charge is -2.16. The van der Waals surface area contributed by atoms with Crippen LogP contribution >= 0.6 is 0 Å². The average Bonchev–Trinajstić information content (AvgIpc) is 3.49. The van der Waals surface area contributed by atoms with Gasteiger partial charge < -0.3 is 4.42 Å². The molecule has 0 bridgehead atoms. The first-order chi connectivity index (χ1) is 20.3. The lowest BCUT2D eigenvalue weighted by molar-refractivity contribution is 0.620. The van der Waals surface area contributed by atoms with E-state index < -0.39 is 0 Å². The van der Waals surface area contributed by atoms with Crippen molar-refractivity contribution in [2.24, 2.45) is 0 Å². The number of rotatable bonds is 4. The molecule has 0 radical (unpaired) electrons. The van der Waals surface area contributed by atoms with E-state index in [0.29, 0.717) is 5.89 Å². The standard InChI is InChI=1S/C38H24N2O/c1-3-11-25(12-4-1)31-23-33-32(26-19-21-28(22-20-26)38-40-34-17-9-10-18-36(34)41-38)24-35(27-13-5-2-6-14-27)39-37(33)30-16-8-7-15-29(30)31/h1-24H. The molecule has 0 saturated carbocycles. The van der Waals surface area contributed by atoms with Crippen molar-refractivity contribution in [3.05, 3.63) is 146 Å². The minimum absolute atomic E-state index is 0.625. The van der Waals surface area contributed by atoms with Gasteiger partial charge in [-0.05, 0) is 64.0 Å². The second kappa shape index (κ2) is 9.58. The summed E-state index contributed by atoms with van der Waals surface area (Å²) >= 11 is 0. The van der Waals surface area contributed by atoms with E-state index in [-0.39, 0.29) is 0 Å². The van der Waals surface area contributed by atoms with E-state index in [1.807, 2.05) is 30.3 Å². The summed E-state index contributed by atoms with van der Waals surface area (Å²) < 4.78 is 6.04. The number of hydrogen-bond acceptors (Lipinski definition) is 3. The maximum absolute atomic E-state index is 6.04. The lowest BCUT2D eigenvalue weighted by Crippen LogP contribution is -1.93. The van der Waals surface area contributed by atoms with E-state index in [1.165, 1.54) is 16.5 Å². The van der Waals surface area contributed by atoms with Crippen molar-refractivity contribution in [2.75, 3.05) is 0 Å². The Kier molecular flexibility index (Phi) is 5.46. The fourth-order valence-electron chi connectivity index (χ4n) is 5.69. The summed E-state index contributed by atoms with van der Waals surface area (Å²) in [5.74, 6) is 0.625. The molecular formula is C38H24N2O. The number of nitrogens with zero attached hydrogens (tertiary/aromatic N) is 2. The molecule has 0 aliphatic heterocycles. The van der Waals surface area contributed by atoms with E-state index in [1.54, 1.807) is 0 Å². The molecule has 0 saturated heterocycles. The third-order valence-corrected chi connectivity index (χ3v) is 7.71. The maximum Gasteiger partial charge on any atom is 0.227 e. The zero-order valence-electron chi connectivity index (χ0n) is 22.2. The van der Waals surface area contributed by atoms with Gasteiger partial charge >= 0.3 is 0 Å². The molecule has 3 nitrogen and oxygen atoms in total. The van der Waals surface area contributed by atoms with Gasteiger partial charge in [-0.2, -0.15) is 0 Å². The molecule has 0 fully saturated rings. The van der Waals surface area contributed by atoms with Crippen LogP contribution in [0.25, 0.3) is 77.7 Å². The zero-order chi connectivity index (χ0) is 27.2. The highest BCUT2D eigenvalue weighted by atomic mass is 16.3. The number of oxazole rings is 1. The first-order valence-corrected chi connectivity index (χ1v) is 13.8. The van der Waals surface area contributed by atoms with E-state index >= 15 is 0 Å². The molecular weight excluding hydrogens is 500 g/mol. The first-order valence-electron chi connectivity index (χ1n) is 13.8. The molecule has 0 unspecified atom stereocenters. The normalized spacial score (nSPS) is 11.4. The van der Waals surface area contributed by atoms with E-state index in [2.05, 4.69) is 115 Å². The highest BCUT2D eigenvalue weighted by molar-refractivity contribution is 6.16. The van der Waals surface area contributed by atoms with Crippen LogP contribution in [0.15, 0.2) is 150 Å². The molecule has 41 heavy (non-hydrogen) atoms. The van der Waals surface area contributed by atoms with Gasteiger partial charge in [0.15, 0.2) is 5.58 Å². The van der Waals surface area contributed by atoms with Gasteiger partial charge in [0.2, 0.25) is 5.89 Å². The predicted molar refractivity (Wildman–Crippen MR) is 169 cm³/mol. The summed E-state index contributed by atoms with van der Waals surface area (Å²) in [5, 5.41) is 3.46. The van der Waals surface area contributed by atoms with Crippen LogP contribution in [0.5, 0.6) is 0 Å². The van der Waals surface area contributed by atoms with Crippen LogP contribution < -0.4 is 0 Å². The van der Waals surface area contributed by atoms with Crippen LogP contribution in [0.1, 0.15) is 0 Å². The molecule has 0 N–H and O–H groups in total. The Bertz CT molecular complexity index is 2150. The molecule has 0 aliphatic rings. The fourth-order valence-corrected chi connectivity index (χ4v) is 5.69. The minimum Gasteiger partial charge on any atom is -0.436 e. The van der Waals surface area contributed by atoms with Gasteiger partial charge in [0.05, 0.1) is 11.2 Å². The van der Waals surface area contributed by atoms with Crippen molar-refractivity contribution in [1.29, 1.82) is 0 Å². The van der Waals surface area contributed by atoms with E-state index in [9.17, 15) is 0 Å². The van der Waals surface area contributed by atoms with Gasteiger partial charge in [-0.1, -0.05) is 109 Å². The molecule has 0 spiro atoms. The number of hydrogen-bond donors (Lipinski definition) is 0. The number of pyridine rings is 1. The third-order valence-electron chi connectivity index (χ3n) is 7.71. The Hall–Kier alpha value is -5.54. The smallest absolute Gasteiger partial charge is 0.227 e. The van der Waals surface area contributed by atoms with Crippen LogP contribution in [-0.2, 0) is 0 Å². The average molecular weight is 525 g/mol. The highest BCUT2D eigenvalue weighted by Crippen LogP contribution is 2.40. The van der Waals surface area contributed by atoms with Crippen molar-refractivity contribution in [1.82, 2.24) is 9.97 Å². The number of aromatic nitrogens is 2. The Morgan fingerprint density at radius 2 is 1.00 bits per heavy atom. The summed E-state index contributed by atoms with van der Waals surface area (Å²) in [4.78, 5) is 9.95. The van der Waals surface area contributed by atoms with Crippen molar-refractivity contribution < 1.29 is 4.42 Å². The maximum atomic E-state index is 6.04. The van der Waals surface area contributed by atoms with Crippen LogP contribution in [0.4, 0.5) is 0 Å². The minimum atomic E-state index is 0.625. The van der Waals surface area contributed by atoms with Crippen LogP contribution in [0.3, 0.4) is 0 Å². The first kappa shape index (κ1) is 23.4. The van der Waals surface area contributed by atoms with Crippen LogP contribution in [-0.4, -0.2) is 9.97 Å². The third kappa shape index (κ3) is 4.07. The molecule has 0 aliphatic carbocycles. The van der Waals surface area contributed by atoms with Crippen LogP contribution in [0.2, 0.25) is 0 Å². The van der Waals surface area contributed by atoms with Gasteiger partial charge in [0.1, 0.15) is 5.52 Å². The van der Waals surface area contributed by atoms with Crippen molar-refractivity contribution >= 4 is 32.8 Å². The SMILES string of the molecule is c1ccc(-c2cc(-c3ccc(-c4nc5ccccc5o4)cc3)c3cc(-c4ccccc4)c4ccccc4c3n2)cc1. The van der Waals surface area contributed by atoms with Gasteiger partial charge in [-0.3, -0.25) is 0 Å². The monoisotopic (exact) mass is 524 g/mol. The summed E-state index contributed by atoms with van der Waals surface area (Å²) in [6.45, 7) is 0. The van der Waals surface area contributed by atoms with E-state index in [4.69, 9.17) is 14.4 Å².